The zero-order chi connectivity index (χ0) is 19.6. The van der Waals surface area contributed by atoms with Gasteiger partial charge in [-0.1, -0.05) is 31.0 Å². The molecular formula is C20H28N4O2S. The molecule has 146 valence electrons. The van der Waals surface area contributed by atoms with Crippen LogP contribution in [0, 0.1) is 13.8 Å². The van der Waals surface area contributed by atoms with E-state index in [1.807, 2.05) is 43.4 Å². The van der Waals surface area contributed by atoms with Crippen molar-refractivity contribution in [1.82, 2.24) is 19.4 Å². The van der Waals surface area contributed by atoms with Crippen LogP contribution in [0.5, 0.6) is 0 Å². The van der Waals surface area contributed by atoms with Crippen molar-refractivity contribution in [2.24, 2.45) is 0 Å². The summed E-state index contributed by atoms with van der Waals surface area (Å²) in [7, 11) is 1.90. The van der Waals surface area contributed by atoms with Crippen molar-refractivity contribution < 1.29 is 4.79 Å². The minimum atomic E-state index is -0.268. The Balaban J connectivity index is 1.84. The number of aromatic nitrogens is 3. The fraction of sp³-hybridized carbons (Fsp3) is 0.600. The molecule has 0 N–H and O–H groups in total. The normalized spacial score (nSPS) is 15.3. The van der Waals surface area contributed by atoms with Crippen LogP contribution in [-0.4, -0.2) is 44.2 Å². The first-order valence-corrected chi connectivity index (χ1v) is 10.7. The molecule has 2 aromatic heterocycles. The number of nitrogens with zero attached hydrogens (tertiary/aromatic N) is 4. The predicted octanol–water partition coefficient (Wildman–Crippen LogP) is 3.31. The van der Waals surface area contributed by atoms with Gasteiger partial charge in [-0.3, -0.25) is 9.59 Å². The minimum Gasteiger partial charge on any atom is -0.342 e. The Kier molecular flexibility index (Phi) is 6.19. The molecule has 7 heteroatoms. The third-order valence-electron chi connectivity index (χ3n) is 5.38. The van der Waals surface area contributed by atoms with Gasteiger partial charge in [0.2, 0.25) is 5.91 Å². The smallest absolute Gasteiger partial charge is 0.283 e. The second kappa shape index (κ2) is 8.42. The summed E-state index contributed by atoms with van der Waals surface area (Å²) in [6, 6.07) is 2.25. The van der Waals surface area contributed by atoms with Crippen LogP contribution >= 0.6 is 11.8 Å². The van der Waals surface area contributed by atoms with Gasteiger partial charge in [0, 0.05) is 25.3 Å². The van der Waals surface area contributed by atoms with E-state index in [0.29, 0.717) is 28.8 Å². The van der Waals surface area contributed by atoms with E-state index in [2.05, 4.69) is 9.97 Å². The summed E-state index contributed by atoms with van der Waals surface area (Å²) in [5, 5.41) is 1.13. The largest absolute Gasteiger partial charge is 0.342 e. The third kappa shape index (κ3) is 4.18. The van der Waals surface area contributed by atoms with Crippen molar-refractivity contribution in [3.63, 3.8) is 0 Å². The highest BCUT2D eigenvalue weighted by Gasteiger charge is 2.23. The third-order valence-corrected chi connectivity index (χ3v) is 6.34. The van der Waals surface area contributed by atoms with Gasteiger partial charge >= 0.3 is 0 Å². The van der Waals surface area contributed by atoms with Crippen LogP contribution in [-0.2, 0) is 11.3 Å². The molecule has 0 saturated heterocycles. The summed E-state index contributed by atoms with van der Waals surface area (Å²) in [6.07, 6.45) is 5.83. The molecule has 1 fully saturated rings. The van der Waals surface area contributed by atoms with Gasteiger partial charge < -0.3 is 9.47 Å². The molecule has 3 rings (SSSR count). The van der Waals surface area contributed by atoms with E-state index in [9.17, 15) is 9.59 Å². The van der Waals surface area contributed by atoms with E-state index in [1.165, 1.54) is 31.0 Å². The van der Waals surface area contributed by atoms with E-state index in [0.717, 1.165) is 24.1 Å². The first kappa shape index (κ1) is 19.9. The molecule has 0 spiro atoms. The van der Waals surface area contributed by atoms with Gasteiger partial charge in [0.15, 0.2) is 5.16 Å². The number of hydrogen-bond acceptors (Lipinski definition) is 5. The number of amides is 1. The van der Waals surface area contributed by atoms with Crippen LogP contribution in [0.2, 0.25) is 0 Å². The quantitative estimate of drug-likeness (QED) is 0.581. The highest BCUT2D eigenvalue weighted by Crippen LogP contribution is 2.24. The maximum Gasteiger partial charge on any atom is 0.283 e. The van der Waals surface area contributed by atoms with E-state index < -0.39 is 0 Å². The second-order valence-corrected chi connectivity index (χ2v) is 8.25. The molecule has 0 unspecified atom stereocenters. The van der Waals surface area contributed by atoms with Gasteiger partial charge in [0.1, 0.15) is 5.65 Å². The zero-order valence-electron chi connectivity index (χ0n) is 16.6. The standard InChI is InChI=1S/C20H28N4O2S/c1-5-24-18-17(13(2)11-14(3)21-18)19(26)22-20(24)27-12-16(25)23(4)15-9-7-6-8-10-15/h11,15H,5-10,12H2,1-4H3. The van der Waals surface area contributed by atoms with Crippen LogP contribution in [0.3, 0.4) is 0 Å². The van der Waals surface area contributed by atoms with Gasteiger partial charge in [-0.05, 0) is 45.2 Å². The zero-order valence-corrected chi connectivity index (χ0v) is 17.4. The van der Waals surface area contributed by atoms with Crippen LogP contribution in [0.1, 0.15) is 50.3 Å². The monoisotopic (exact) mass is 388 g/mol. The number of hydrogen-bond donors (Lipinski definition) is 0. The van der Waals surface area contributed by atoms with Crippen molar-refractivity contribution in [1.29, 1.82) is 0 Å². The first-order valence-electron chi connectivity index (χ1n) is 9.69. The van der Waals surface area contributed by atoms with Gasteiger partial charge in [-0.2, -0.15) is 4.98 Å². The number of aryl methyl sites for hydroxylation is 3. The summed E-state index contributed by atoms with van der Waals surface area (Å²) >= 11 is 1.33. The maximum absolute atomic E-state index is 12.6. The van der Waals surface area contributed by atoms with Gasteiger partial charge in [-0.15, -0.1) is 0 Å². The van der Waals surface area contributed by atoms with Crippen molar-refractivity contribution in [3.8, 4) is 0 Å². The molecule has 1 amide bonds. The Hall–Kier alpha value is -1.89. The Morgan fingerprint density at radius 1 is 1.26 bits per heavy atom. The maximum atomic E-state index is 12.6. The number of rotatable bonds is 5. The van der Waals surface area contributed by atoms with Crippen molar-refractivity contribution in [2.75, 3.05) is 12.8 Å². The van der Waals surface area contributed by atoms with Crippen LogP contribution in [0.15, 0.2) is 16.0 Å². The molecule has 1 aliphatic carbocycles. The molecule has 0 aliphatic heterocycles. The van der Waals surface area contributed by atoms with Crippen LogP contribution in [0.4, 0.5) is 0 Å². The van der Waals surface area contributed by atoms with Crippen LogP contribution < -0.4 is 5.56 Å². The molecule has 0 atom stereocenters. The topological polar surface area (TPSA) is 68.1 Å². The second-order valence-electron chi connectivity index (χ2n) is 7.31. The number of pyridine rings is 1. The summed E-state index contributed by atoms with van der Waals surface area (Å²) in [4.78, 5) is 35.9. The molecule has 1 saturated carbocycles. The predicted molar refractivity (Wildman–Crippen MR) is 109 cm³/mol. The fourth-order valence-corrected chi connectivity index (χ4v) is 4.84. The van der Waals surface area contributed by atoms with Crippen molar-refractivity contribution >= 4 is 28.7 Å². The number of thioether (sulfide) groups is 1. The fourth-order valence-electron chi connectivity index (χ4n) is 3.87. The highest BCUT2D eigenvalue weighted by atomic mass is 32.2. The van der Waals surface area contributed by atoms with Crippen LogP contribution in [0.25, 0.3) is 11.0 Å². The molecule has 0 bridgehead atoms. The van der Waals surface area contributed by atoms with E-state index in [1.54, 1.807) is 0 Å². The number of carbonyl (C=O) groups excluding carboxylic acids is 1. The summed E-state index contributed by atoms with van der Waals surface area (Å²) in [5.41, 5.74) is 2.15. The summed E-state index contributed by atoms with van der Waals surface area (Å²) in [5.74, 6) is 0.382. The SMILES string of the molecule is CCn1c(SCC(=O)N(C)C2CCCCC2)nc(=O)c2c(C)cc(C)nc21. The molecule has 6 nitrogen and oxygen atoms in total. The molecule has 27 heavy (non-hydrogen) atoms. The van der Waals surface area contributed by atoms with E-state index in [4.69, 9.17) is 0 Å². The van der Waals surface area contributed by atoms with Crippen molar-refractivity contribution in [2.45, 2.75) is 70.6 Å². The molecule has 2 aromatic rings. The van der Waals surface area contributed by atoms with Gasteiger partial charge in [-0.25, -0.2) is 4.98 Å². The molecule has 1 aliphatic rings. The van der Waals surface area contributed by atoms with E-state index in [-0.39, 0.29) is 17.2 Å². The molecule has 0 radical (unpaired) electrons. The Morgan fingerprint density at radius 3 is 2.63 bits per heavy atom. The lowest BCUT2D eigenvalue weighted by molar-refractivity contribution is -0.129. The Labute approximate surface area is 164 Å². The van der Waals surface area contributed by atoms with E-state index >= 15 is 0 Å². The number of carbonyl (C=O) groups is 1. The lowest BCUT2D eigenvalue weighted by Crippen LogP contribution is -2.39. The Morgan fingerprint density at radius 2 is 1.96 bits per heavy atom. The van der Waals surface area contributed by atoms with Crippen molar-refractivity contribution in [3.05, 3.63) is 27.7 Å². The molecule has 2 heterocycles. The highest BCUT2D eigenvalue weighted by molar-refractivity contribution is 7.99. The Bertz CT molecular complexity index is 903. The number of fused-ring (bicyclic) bond motifs is 1. The average Bonchev–Trinajstić information content (AvgIpc) is 2.65. The lowest BCUT2D eigenvalue weighted by atomic mass is 9.94. The summed E-state index contributed by atoms with van der Waals surface area (Å²) < 4.78 is 1.94. The molecule has 0 aromatic carbocycles. The lowest BCUT2D eigenvalue weighted by Gasteiger charge is -2.31. The minimum absolute atomic E-state index is 0.0947. The average molecular weight is 389 g/mol. The van der Waals surface area contributed by atoms with Gasteiger partial charge in [0.05, 0.1) is 11.1 Å². The summed E-state index contributed by atoms with van der Waals surface area (Å²) in [6.45, 7) is 6.49. The first-order chi connectivity index (χ1) is 12.9. The van der Waals surface area contributed by atoms with Gasteiger partial charge in [0.25, 0.3) is 5.56 Å². The molecular weight excluding hydrogens is 360 g/mol.